The summed E-state index contributed by atoms with van der Waals surface area (Å²) in [5, 5.41) is 0. The van der Waals surface area contributed by atoms with Gasteiger partial charge in [-0.1, -0.05) is 264 Å². The third kappa shape index (κ3) is 52.3. The van der Waals surface area contributed by atoms with Gasteiger partial charge < -0.3 is 18.9 Å². The van der Waals surface area contributed by atoms with Crippen molar-refractivity contribution in [3.63, 3.8) is 0 Å². The molecule has 0 aliphatic heterocycles. The Balaban J connectivity index is 4.03. The number of phosphoric acid groups is 1. The van der Waals surface area contributed by atoms with E-state index in [1.165, 1.54) is 231 Å². The molecule has 2 unspecified atom stereocenters. The zero-order chi connectivity index (χ0) is 46.2. The summed E-state index contributed by atoms with van der Waals surface area (Å²) in [5.41, 5.74) is 0. The molecule has 63 heavy (non-hydrogen) atoms. The summed E-state index contributed by atoms with van der Waals surface area (Å²) < 4.78 is 35.2. The fraction of sp³-hybridized carbons (Fsp3) is 0.981. The molecular formula is C54H111NO7P+. The van der Waals surface area contributed by atoms with Crippen LogP contribution in [0.5, 0.6) is 0 Å². The lowest BCUT2D eigenvalue weighted by molar-refractivity contribution is -0.870. The lowest BCUT2D eigenvalue weighted by Gasteiger charge is -2.24. The number of phosphoric ester groups is 1. The summed E-state index contributed by atoms with van der Waals surface area (Å²) in [6.07, 6.45) is 54.4. The van der Waals surface area contributed by atoms with Crippen LogP contribution in [0.15, 0.2) is 0 Å². The number of hydrogen-bond acceptors (Lipinski definition) is 6. The minimum atomic E-state index is -4.27. The van der Waals surface area contributed by atoms with E-state index in [0.717, 1.165) is 32.1 Å². The van der Waals surface area contributed by atoms with E-state index in [1.807, 2.05) is 21.1 Å². The molecule has 0 aromatic carbocycles. The zero-order valence-electron chi connectivity index (χ0n) is 43.1. The first kappa shape index (κ1) is 62.5. The van der Waals surface area contributed by atoms with Gasteiger partial charge in [-0.15, -0.1) is 0 Å². The van der Waals surface area contributed by atoms with Crippen molar-refractivity contribution in [1.82, 2.24) is 0 Å². The first-order valence-corrected chi connectivity index (χ1v) is 29.3. The van der Waals surface area contributed by atoms with Gasteiger partial charge in [-0.3, -0.25) is 13.8 Å². The molecule has 0 spiro atoms. The molecule has 0 rings (SSSR count). The molecule has 0 fully saturated rings. The highest BCUT2D eigenvalue weighted by Crippen LogP contribution is 2.43. The first-order valence-electron chi connectivity index (χ1n) is 27.8. The van der Waals surface area contributed by atoms with Gasteiger partial charge >= 0.3 is 13.8 Å². The van der Waals surface area contributed by atoms with Gasteiger partial charge in [0.05, 0.1) is 34.4 Å². The summed E-state index contributed by atoms with van der Waals surface area (Å²) in [6.45, 7) is 5.72. The SMILES string of the molecule is CCCCCCCCCCCCCCCCCCCCCCCCCC(=O)OC(COCCCCCCCCCCCCCCCCCCCC)COP(=O)(O)OCC[N+](C)(C)C. The lowest BCUT2D eigenvalue weighted by atomic mass is 10.0. The second kappa shape index (κ2) is 48.0. The largest absolute Gasteiger partial charge is 0.472 e. The van der Waals surface area contributed by atoms with Crippen LogP contribution in [-0.4, -0.2) is 75.6 Å². The highest BCUT2D eigenvalue weighted by Gasteiger charge is 2.26. The van der Waals surface area contributed by atoms with E-state index in [2.05, 4.69) is 13.8 Å². The molecule has 0 radical (unpaired) electrons. The predicted octanol–water partition coefficient (Wildman–Crippen LogP) is 17.2. The Morgan fingerprint density at radius 3 is 1.05 bits per heavy atom. The van der Waals surface area contributed by atoms with E-state index < -0.39 is 13.9 Å². The second-order valence-corrected chi connectivity index (χ2v) is 21.8. The van der Waals surface area contributed by atoms with Gasteiger partial charge in [-0.2, -0.15) is 0 Å². The molecule has 1 N–H and O–H groups in total. The number of hydrogen-bond donors (Lipinski definition) is 1. The number of unbranched alkanes of at least 4 members (excludes halogenated alkanes) is 39. The van der Waals surface area contributed by atoms with Gasteiger partial charge in [0, 0.05) is 13.0 Å². The molecular weight excluding hydrogens is 806 g/mol. The van der Waals surface area contributed by atoms with Crippen molar-refractivity contribution in [2.75, 3.05) is 54.1 Å². The van der Waals surface area contributed by atoms with Crippen molar-refractivity contribution in [3.05, 3.63) is 0 Å². The van der Waals surface area contributed by atoms with Gasteiger partial charge in [-0.05, 0) is 12.8 Å². The molecule has 0 saturated carbocycles. The monoisotopic (exact) mass is 917 g/mol. The highest BCUT2D eigenvalue weighted by atomic mass is 31.2. The number of quaternary nitrogens is 1. The summed E-state index contributed by atoms with van der Waals surface area (Å²) in [7, 11) is 1.69. The summed E-state index contributed by atoms with van der Waals surface area (Å²) in [4.78, 5) is 23.0. The molecule has 8 nitrogen and oxygen atoms in total. The Morgan fingerprint density at radius 1 is 0.429 bits per heavy atom. The van der Waals surface area contributed by atoms with Crippen LogP contribution in [0.4, 0.5) is 0 Å². The Hall–Kier alpha value is -0.500. The molecule has 0 heterocycles. The normalized spacial score (nSPS) is 13.4. The molecule has 9 heteroatoms. The molecule has 378 valence electrons. The first-order chi connectivity index (χ1) is 30.6. The van der Waals surface area contributed by atoms with Crippen molar-refractivity contribution in [1.29, 1.82) is 0 Å². The Morgan fingerprint density at radius 2 is 0.730 bits per heavy atom. The van der Waals surface area contributed by atoms with Crippen molar-refractivity contribution in [2.24, 2.45) is 0 Å². The molecule has 0 bridgehead atoms. The molecule has 0 aromatic rings. The third-order valence-corrected chi connectivity index (χ3v) is 13.7. The van der Waals surface area contributed by atoms with Crippen molar-refractivity contribution >= 4 is 13.8 Å². The Kier molecular flexibility index (Phi) is 47.6. The lowest BCUT2D eigenvalue weighted by Crippen LogP contribution is -2.37. The maximum Gasteiger partial charge on any atom is 0.472 e. The molecule has 0 aliphatic carbocycles. The van der Waals surface area contributed by atoms with E-state index >= 15 is 0 Å². The number of ether oxygens (including phenoxy) is 2. The topological polar surface area (TPSA) is 91.3 Å². The molecule has 0 saturated heterocycles. The second-order valence-electron chi connectivity index (χ2n) is 20.3. The van der Waals surface area contributed by atoms with Crippen LogP contribution in [0.3, 0.4) is 0 Å². The number of nitrogens with zero attached hydrogens (tertiary/aromatic N) is 1. The zero-order valence-corrected chi connectivity index (χ0v) is 44.0. The number of carbonyl (C=O) groups is 1. The van der Waals surface area contributed by atoms with E-state index in [4.69, 9.17) is 18.5 Å². The Bertz CT molecular complexity index is 976. The number of esters is 1. The van der Waals surface area contributed by atoms with Crippen molar-refractivity contribution in [3.8, 4) is 0 Å². The van der Waals surface area contributed by atoms with Crippen LogP contribution in [0, 0.1) is 0 Å². The molecule has 0 aliphatic rings. The Labute approximate surface area is 393 Å². The average Bonchev–Trinajstić information content (AvgIpc) is 3.24. The minimum Gasteiger partial charge on any atom is -0.457 e. The minimum absolute atomic E-state index is 0.0944. The highest BCUT2D eigenvalue weighted by molar-refractivity contribution is 7.47. The van der Waals surface area contributed by atoms with Crippen LogP contribution in [-0.2, 0) is 27.9 Å². The average molecular weight is 917 g/mol. The van der Waals surface area contributed by atoms with E-state index in [-0.39, 0.29) is 25.8 Å². The van der Waals surface area contributed by atoms with Gasteiger partial charge in [0.15, 0.2) is 0 Å². The summed E-state index contributed by atoms with van der Waals surface area (Å²) in [6, 6.07) is 0. The molecule has 0 amide bonds. The van der Waals surface area contributed by atoms with Crippen LogP contribution in [0.25, 0.3) is 0 Å². The van der Waals surface area contributed by atoms with Gasteiger partial charge in [-0.25, -0.2) is 4.57 Å². The van der Waals surface area contributed by atoms with E-state index in [9.17, 15) is 14.3 Å². The van der Waals surface area contributed by atoms with Crippen molar-refractivity contribution < 1.29 is 37.3 Å². The maximum atomic E-state index is 12.8. The summed E-state index contributed by atoms with van der Waals surface area (Å²) in [5.74, 6) is -0.303. The standard InChI is InChI=1S/C54H110NO7P/c1-6-8-10-12-14-16-18-20-22-24-26-27-28-29-30-31-33-35-37-39-41-43-45-47-54(56)62-53(52-61-63(57,58)60-50-48-55(3,4)5)51-59-49-46-44-42-40-38-36-34-32-25-23-21-19-17-15-13-11-9-7-2/h53H,6-52H2,1-5H3/p+1. The van der Waals surface area contributed by atoms with E-state index in [1.54, 1.807) is 0 Å². The predicted molar refractivity (Wildman–Crippen MR) is 271 cm³/mol. The smallest absolute Gasteiger partial charge is 0.457 e. The third-order valence-electron chi connectivity index (χ3n) is 12.7. The fourth-order valence-corrected chi connectivity index (χ4v) is 9.12. The van der Waals surface area contributed by atoms with Crippen LogP contribution >= 0.6 is 7.82 Å². The number of likely N-dealkylation sites (N-methyl/N-ethyl adjacent to an activating group) is 1. The van der Waals surface area contributed by atoms with Gasteiger partial charge in [0.1, 0.15) is 19.3 Å². The summed E-state index contributed by atoms with van der Waals surface area (Å²) >= 11 is 0. The fourth-order valence-electron chi connectivity index (χ4n) is 8.38. The van der Waals surface area contributed by atoms with Crippen LogP contribution < -0.4 is 0 Å². The van der Waals surface area contributed by atoms with Crippen molar-refractivity contribution in [2.45, 2.75) is 290 Å². The number of rotatable bonds is 53. The molecule has 2 atom stereocenters. The van der Waals surface area contributed by atoms with Crippen LogP contribution in [0.2, 0.25) is 0 Å². The van der Waals surface area contributed by atoms with Crippen LogP contribution in [0.1, 0.15) is 284 Å². The quantitative estimate of drug-likeness (QED) is 0.0281. The maximum absolute atomic E-state index is 12.8. The van der Waals surface area contributed by atoms with Gasteiger partial charge in [0.25, 0.3) is 0 Å². The number of carbonyl (C=O) groups excluding carboxylic acids is 1. The molecule has 0 aromatic heterocycles. The van der Waals surface area contributed by atoms with Gasteiger partial charge in [0.2, 0.25) is 0 Å². The van der Waals surface area contributed by atoms with E-state index in [0.29, 0.717) is 24.1 Å².